The van der Waals surface area contributed by atoms with Gasteiger partial charge in [0.15, 0.2) is 0 Å². The van der Waals surface area contributed by atoms with E-state index in [-0.39, 0.29) is 28.6 Å². The number of hydrogen-bond donors (Lipinski definition) is 0. The van der Waals surface area contributed by atoms with Crippen molar-refractivity contribution < 1.29 is 13.9 Å². The maximum atomic E-state index is 13.7. The molecule has 2 aliphatic heterocycles. The molecule has 0 bridgehead atoms. The van der Waals surface area contributed by atoms with Gasteiger partial charge in [-0.25, -0.2) is 0 Å². The molecule has 3 heterocycles. The predicted molar refractivity (Wildman–Crippen MR) is 108 cm³/mol. The first-order valence-electron chi connectivity index (χ1n) is 10.8. The van der Waals surface area contributed by atoms with Gasteiger partial charge in [-0.3, -0.25) is 4.79 Å². The van der Waals surface area contributed by atoms with Gasteiger partial charge in [0, 0.05) is 37.6 Å². The molecule has 154 valence electrons. The van der Waals surface area contributed by atoms with Crippen LogP contribution >= 0.6 is 0 Å². The highest BCUT2D eigenvalue weighted by atomic mass is 16.5. The highest BCUT2D eigenvalue weighted by molar-refractivity contribution is 5.91. The van der Waals surface area contributed by atoms with Gasteiger partial charge in [-0.05, 0) is 31.2 Å². The lowest BCUT2D eigenvalue weighted by Gasteiger charge is -2.36. The lowest BCUT2D eigenvalue weighted by Crippen LogP contribution is -2.40. The summed E-state index contributed by atoms with van der Waals surface area (Å²) in [6.45, 7) is 6.99. The topological polar surface area (TPSA) is 68.5 Å². The van der Waals surface area contributed by atoms with E-state index in [1.165, 1.54) is 0 Å². The Morgan fingerprint density at radius 3 is 2.45 bits per heavy atom. The summed E-state index contributed by atoms with van der Waals surface area (Å²) in [5.41, 5.74) is 0.788. The van der Waals surface area contributed by atoms with E-state index in [9.17, 15) is 4.79 Å². The number of amides is 1. The van der Waals surface area contributed by atoms with E-state index < -0.39 is 0 Å². The summed E-state index contributed by atoms with van der Waals surface area (Å²) in [4.78, 5) is 15.8. The first-order chi connectivity index (χ1) is 14.0. The van der Waals surface area contributed by atoms with Crippen LogP contribution in [0.5, 0.6) is 0 Å². The molecule has 1 amide bonds. The van der Waals surface area contributed by atoms with Gasteiger partial charge >= 0.3 is 0 Å². The van der Waals surface area contributed by atoms with E-state index in [1.807, 2.05) is 18.2 Å². The Bertz CT molecular complexity index is 882. The van der Waals surface area contributed by atoms with Crippen LogP contribution in [0, 0.1) is 5.41 Å². The molecular weight excluding hydrogens is 366 g/mol. The van der Waals surface area contributed by atoms with Gasteiger partial charge in [0.2, 0.25) is 17.7 Å². The standard InChI is InChI=1S/C23H29N3O3/c1-16(2)19-24-25-20(29-19)18-14-26(15-22(18)10-12-28-13-11-22)21(27)23(8-9-23)17-6-4-3-5-7-17/h3-7,16,18H,8-15H2,1-2H3. The van der Waals surface area contributed by atoms with Crippen LogP contribution in [-0.2, 0) is 14.9 Å². The average molecular weight is 396 g/mol. The fourth-order valence-electron chi connectivity index (χ4n) is 5.18. The van der Waals surface area contributed by atoms with Crippen LogP contribution in [0.4, 0.5) is 0 Å². The number of hydrogen-bond acceptors (Lipinski definition) is 5. The maximum Gasteiger partial charge on any atom is 0.233 e. The van der Waals surface area contributed by atoms with Crippen LogP contribution in [-0.4, -0.2) is 47.3 Å². The number of nitrogens with zero attached hydrogens (tertiary/aromatic N) is 3. The molecule has 3 fully saturated rings. The highest BCUT2D eigenvalue weighted by Crippen LogP contribution is 2.54. The van der Waals surface area contributed by atoms with Crippen molar-refractivity contribution in [3.63, 3.8) is 0 Å². The minimum absolute atomic E-state index is 0.0263. The third-order valence-electron chi connectivity index (χ3n) is 7.16. The SMILES string of the molecule is CC(C)c1nnc(C2CN(C(=O)C3(c4ccccc4)CC3)CC23CCOCC3)o1. The van der Waals surface area contributed by atoms with Crippen molar-refractivity contribution in [1.82, 2.24) is 15.1 Å². The van der Waals surface area contributed by atoms with Gasteiger partial charge in [0.25, 0.3) is 0 Å². The monoisotopic (exact) mass is 395 g/mol. The molecule has 1 spiro atoms. The summed E-state index contributed by atoms with van der Waals surface area (Å²) in [6.07, 6.45) is 3.73. The third-order valence-corrected chi connectivity index (χ3v) is 7.16. The molecule has 5 rings (SSSR count). The Balaban J connectivity index is 1.44. The average Bonchev–Trinajstić information content (AvgIpc) is 3.27. The second-order valence-corrected chi connectivity index (χ2v) is 9.29. The minimum atomic E-state index is -0.333. The molecule has 1 aromatic carbocycles. The fraction of sp³-hybridized carbons (Fsp3) is 0.609. The molecule has 0 radical (unpaired) electrons. The largest absolute Gasteiger partial charge is 0.425 e. The first kappa shape index (κ1) is 18.8. The smallest absolute Gasteiger partial charge is 0.233 e. The van der Waals surface area contributed by atoms with Gasteiger partial charge < -0.3 is 14.1 Å². The molecule has 6 heteroatoms. The third kappa shape index (κ3) is 3.08. The molecule has 1 aromatic heterocycles. The summed E-state index contributed by atoms with van der Waals surface area (Å²) in [5.74, 6) is 1.92. The Morgan fingerprint density at radius 1 is 1.10 bits per heavy atom. The Hall–Kier alpha value is -2.21. The molecule has 3 aliphatic rings. The first-order valence-corrected chi connectivity index (χ1v) is 10.8. The van der Waals surface area contributed by atoms with Crippen LogP contribution in [0.2, 0.25) is 0 Å². The van der Waals surface area contributed by atoms with Gasteiger partial charge in [0.1, 0.15) is 0 Å². The molecule has 0 N–H and O–H groups in total. The normalized spacial score (nSPS) is 24.9. The lowest BCUT2D eigenvalue weighted by molar-refractivity contribution is -0.133. The van der Waals surface area contributed by atoms with Gasteiger partial charge in [-0.2, -0.15) is 0 Å². The number of rotatable bonds is 4. The Labute approximate surface area is 171 Å². The zero-order valence-electron chi connectivity index (χ0n) is 17.3. The summed E-state index contributed by atoms with van der Waals surface area (Å²) in [6, 6.07) is 10.3. The molecule has 2 aromatic rings. The second kappa shape index (κ2) is 6.94. The van der Waals surface area contributed by atoms with Crippen molar-refractivity contribution in [2.75, 3.05) is 26.3 Å². The van der Waals surface area contributed by atoms with Crippen molar-refractivity contribution in [1.29, 1.82) is 0 Å². The van der Waals surface area contributed by atoms with Crippen LogP contribution in [0.25, 0.3) is 0 Å². The van der Waals surface area contributed by atoms with Crippen LogP contribution in [0.3, 0.4) is 0 Å². The van der Waals surface area contributed by atoms with E-state index >= 15 is 0 Å². The van der Waals surface area contributed by atoms with E-state index in [2.05, 4.69) is 41.1 Å². The molecule has 1 saturated carbocycles. The fourth-order valence-corrected chi connectivity index (χ4v) is 5.18. The molecule has 6 nitrogen and oxygen atoms in total. The van der Waals surface area contributed by atoms with E-state index in [1.54, 1.807) is 0 Å². The van der Waals surface area contributed by atoms with E-state index in [4.69, 9.17) is 9.15 Å². The van der Waals surface area contributed by atoms with E-state index in [0.29, 0.717) is 18.3 Å². The molecule has 1 aliphatic carbocycles. The number of carbonyl (C=O) groups excluding carboxylic acids is 1. The lowest BCUT2D eigenvalue weighted by atomic mass is 9.72. The zero-order chi connectivity index (χ0) is 20.1. The quantitative estimate of drug-likeness (QED) is 0.790. The number of aromatic nitrogens is 2. The highest BCUT2D eigenvalue weighted by Gasteiger charge is 2.58. The number of carbonyl (C=O) groups is 1. The van der Waals surface area contributed by atoms with E-state index in [0.717, 1.165) is 51.0 Å². The summed E-state index contributed by atoms with van der Waals surface area (Å²) >= 11 is 0. The number of benzene rings is 1. The number of ether oxygens (including phenoxy) is 1. The summed E-state index contributed by atoms with van der Waals surface area (Å²) in [7, 11) is 0. The van der Waals surface area contributed by atoms with Crippen molar-refractivity contribution in [3.05, 3.63) is 47.7 Å². The van der Waals surface area contributed by atoms with Gasteiger partial charge in [-0.1, -0.05) is 44.2 Å². The second-order valence-electron chi connectivity index (χ2n) is 9.29. The molecular formula is C23H29N3O3. The van der Waals surface area contributed by atoms with Crippen LogP contribution < -0.4 is 0 Å². The van der Waals surface area contributed by atoms with Crippen molar-refractivity contribution >= 4 is 5.91 Å². The Morgan fingerprint density at radius 2 is 1.83 bits per heavy atom. The van der Waals surface area contributed by atoms with Gasteiger partial charge in [0.05, 0.1) is 11.3 Å². The summed E-state index contributed by atoms with van der Waals surface area (Å²) in [5, 5.41) is 8.67. The number of likely N-dealkylation sites (tertiary alicyclic amines) is 1. The van der Waals surface area contributed by atoms with Crippen molar-refractivity contribution in [2.45, 2.75) is 56.8 Å². The molecule has 29 heavy (non-hydrogen) atoms. The molecule has 1 atom stereocenters. The van der Waals surface area contributed by atoms with Crippen LogP contribution in [0.15, 0.2) is 34.7 Å². The van der Waals surface area contributed by atoms with Crippen molar-refractivity contribution in [3.8, 4) is 0 Å². The maximum absolute atomic E-state index is 13.7. The summed E-state index contributed by atoms with van der Waals surface area (Å²) < 4.78 is 11.7. The minimum Gasteiger partial charge on any atom is -0.425 e. The van der Waals surface area contributed by atoms with Crippen molar-refractivity contribution in [2.24, 2.45) is 5.41 Å². The van der Waals surface area contributed by atoms with Crippen LogP contribution in [0.1, 0.15) is 68.7 Å². The predicted octanol–water partition coefficient (Wildman–Crippen LogP) is 3.65. The Kier molecular flexibility index (Phi) is 4.50. The van der Waals surface area contributed by atoms with Gasteiger partial charge in [-0.15, -0.1) is 10.2 Å². The molecule has 2 saturated heterocycles. The molecule has 1 unspecified atom stereocenters. The zero-order valence-corrected chi connectivity index (χ0v) is 17.3.